The highest BCUT2D eigenvalue weighted by molar-refractivity contribution is 5.81. The molecule has 1 saturated heterocycles. The molecule has 1 aromatic heterocycles. The Hall–Kier alpha value is -3.55. The summed E-state index contributed by atoms with van der Waals surface area (Å²) in [5.74, 6) is 3.35. The van der Waals surface area contributed by atoms with Crippen LogP contribution < -0.4 is 14.2 Å². The number of likely N-dealkylation sites (tertiary alicyclic amines) is 1. The largest absolute Gasteiger partial charge is 0.481 e. The minimum atomic E-state index is -0.528. The van der Waals surface area contributed by atoms with Crippen molar-refractivity contribution < 1.29 is 23.5 Å². The van der Waals surface area contributed by atoms with Gasteiger partial charge in [0.15, 0.2) is 17.6 Å². The van der Waals surface area contributed by atoms with E-state index in [0.29, 0.717) is 36.3 Å². The van der Waals surface area contributed by atoms with E-state index in [2.05, 4.69) is 10.1 Å². The van der Waals surface area contributed by atoms with Gasteiger partial charge in [0.05, 0.1) is 0 Å². The number of para-hydroxylation sites is 1. The molecule has 0 radical (unpaired) electrons. The van der Waals surface area contributed by atoms with Gasteiger partial charge in [-0.2, -0.15) is 4.98 Å². The van der Waals surface area contributed by atoms with Crippen molar-refractivity contribution in [1.82, 2.24) is 15.0 Å². The highest BCUT2D eigenvalue weighted by atomic mass is 16.7. The lowest BCUT2D eigenvalue weighted by atomic mass is 9.96. The van der Waals surface area contributed by atoms with E-state index in [-0.39, 0.29) is 18.6 Å². The van der Waals surface area contributed by atoms with Crippen LogP contribution in [0, 0.1) is 0 Å². The lowest BCUT2D eigenvalue weighted by Gasteiger charge is -2.32. The molecule has 1 fully saturated rings. The normalized spacial score (nSPS) is 16.9. The van der Waals surface area contributed by atoms with Crippen LogP contribution in [0.25, 0.3) is 11.4 Å². The Bertz CT molecular complexity index is 1060. The number of ether oxygens (including phenoxy) is 3. The van der Waals surface area contributed by atoms with Gasteiger partial charge in [-0.05, 0) is 50.1 Å². The first-order chi connectivity index (χ1) is 15.2. The number of nitrogens with zero attached hydrogens (tertiary/aromatic N) is 3. The molecular weight excluding hydrogens is 398 g/mol. The lowest BCUT2D eigenvalue weighted by molar-refractivity contribution is -0.139. The highest BCUT2D eigenvalue weighted by Crippen LogP contribution is 2.36. The van der Waals surface area contributed by atoms with Crippen LogP contribution in [0.3, 0.4) is 0 Å². The minimum absolute atomic E-state index is 0.00567. The summed E-state index contributed by atoms with van der Waals surface area (Å²) in [6, 6.07) is 15.0. The maximum absolute atomic E-state index is 12.8. The van der Waals surface area contributed by atoms with Crippen molar-refractivity contribution in [3.63, 3.8) is 0 Å². The van der Waals surface area contributed by atoms with Crippen molar-refractivity contribution in [1.29, 1.82) is 0 Å². The van der Waals surface area contributed by atoms with Crippen LogP contribution in [-0.4, -0.2) is 46.9 Å². The van der Waals surface area contributed by atoms with Gasteiger partial charge in [0, 0.05) is 24.6 Å². The maximum atomic E-state index is 12.8. The lowest BCUT2D eigenvalue weighted by Crippen LogP contribution is -2.44. The van der Waals surface area contributed by atoms with E-state index in [9.17, 15) is 4.79 Å². The first-order valence-corrected chi connectivity index (χ1v) is 10.4. The third-order valence-corrected chi connectivity index (χ3v) is 5.63. The number of hydrogen-bond acceptors (Lipinski definition) is 7. The van der Waals surface area contributed by atoms with E-state index in [0.717, 1.165) is 24.2 Å². The molecule has 0 bridgehead atoms. The van der Waals surface area contributed by atoms with Crippen molar-refractivity contribution in [3.8, 4) is 28.6 Å². The number of fused-ring (bicyclic) bond motifs is 1. The van der Waals surface area contributed by atoms with Gasteiger partial charge in [0.2, 0.25) is 18.5 Å². The Balaban J connectivity index is 1.19. The summed E-state index contributed by atoms with van der Waals surface area (Å²) in [6.45, 7) is 3.28. The monoisotopic (exact) mass is 421 g/mol. The molecule has 0 aliphatic carbocycles. The molecule has 3 aromatic rings. The molecule has 2 aliphatic rings. The Kier molecular flexibility index (Phi) is 5.19. The fourth-order valence-corrected chi connectivity index (χ4v) is 3.91. The molecule has 2 aromatic carbocycles. The topological polar surface area (TPSA) is 86.9 Å². The first kappa shape index (κ1) is 19.4. The highest BCUT2D eigenvalue weighted by Gasteiger charge is 2.30. The summed E-state index contributed by atoms with van der Waals surface area (Å²) in [4.78, 5) is 19.2. The van der Waals surface area contributed by atoms with Crippen LogP contribution in [0.4, 0.5) is 0 Å². The smallest absolute Gasteiger partial charge is 0.263 e. The number of carbonyl (C=O) groups is 1. The summed E-state index contributed by atoms with van der Waals surface area (Å²) in [5.41, 5.74) is 0.818. The zero-order chi connectivity index (χ0) is 21.2. The van der Waals surface area contributed by atoms with Crippen LogP contribution in [0.5, 0.6) is 17.2 Å². The Labute approximate surface area is 179 Å². The van der Waals surface area contributed by atoms with Gasteiger partial charge in [0.1, 0.15) is 5.75 Å². The standard InChI is InChI=1S/C23H23N3O5/c1-15(30-18-5-3-2-4-6-18)23(27)26-11-9-16(10-12-26)22-24-21(25-31-22)17-7-8-19-20(13-17)29-14-28-19/h2-8,13,15-16H,9-12,14H2,1H3/t15-/m0/s1. The zero-order valence-corrected chi connectivity index (χ0v) is 17.2. The number of hydrogen-bond donors (Lipinski definition) is 0. The molecule has 3 heterocycles. The van der Waals surface area contributed by atoms with Crippen molar-refractivity contribution in [3.05, 3.63) is 54.4 Å². The Morgan fingerprint density at radius 2 is 1.87 bits per heavy atom. The van der Waals surface area contributed by atoms with E-state index < -0.39 is 6.10 Å². The third-order valence-electron chi connectivity index (χ3n) is 5.63. The van der Waals surface area contributed by atoms with E-state index in [4.69, 9.17) is 18.7 Å². The van der Waals surface area contributed by atoms with E-state index in [1.54, 1.807) is 6.92 Å². The van der Waals surface area contributed by atoms with Gasteiger partial charge in [-0.1, -0.05) is 23.4 Å². The first-order valence-electron chi connectivity index (χ1n) is 10.4. The molecule has 0 saturated carbocycles. The molecule has 5 rings (SSSR count). The van der Waals surface area contributed by atoms with Crippen LogP contribution in [-0.2, 0) is 4.79 Å². The molecule has 31 heavy (non-hydrogen) atoms. The van der Waals surface area contributed by atoms with Gasteiger partial charge in [-0.25, -0.2) is 0 Å². The second-order valence-corrected chi connectivity index (χ2v) is 7.70. The van der Waals surface area contributed by atoms with Gasteiger partial charge in [-0.15, -0.1) is 0 Å². The second-order valence-electron chi connectivity index (χ2n) is 7.70. The van der Waals surface area contributed by atoms with Crippen LogP contribution in [0.2, 0.25) is 0 Å². The third kappa shape index (κ3) is 4.05. The van der Waals surface area contributed by atoms with Crippen LogP contribution in [0.1, 0.15) is 31.6 Å². The Morgan fingerprint density at radius 1 is 1.10 bits per heavy atom. The van der Waals surface area contributed by atoms with Crippen LogP contribution in [0.15, 0.2) is 53.1 Å². The predicted molar refractivity (Wildman–Crippen MR) is 111 cm³/mol. The summed E-state index contributed by atoms with van der Waals surface area (Å²) in [6.07, 6.45) is 1.01. The summed E-state index contributed by atoms with van der Waals surface area (Å²) in [5, 5.41) is 4.13. The van der Waals surface area contributed by atoms with E-state index in [1.807, 2.05) is 53.4 Å². The molecule has 8 nitrogen and oxygen atoms in total. The second kappa shape index (κ2) is 8.29. The molecule has 2 aliphatic heterocycles. The quantitative estimate of drug-likeness (QED) is 0.622. The molecule has 0 N–H and O–H groups in total. The van der Waals surface area contributed by atoms with Crippen molar-refractivity contribution in [2.75, 3.05) is 19.9 Å². The minimum Gasteiger partial charge on any atom is -0.481 e. The van der Waals surface area contributed by atoms with E-state index in [1.165, 1.54) is 0 Å². The fourth-order valence-electron chi connectivity index (χ4n) is 3.91. The van der Waals surface area contributed by atoms with Gasteiger partial charge in [-0.3, -0.25) is 4.79 Å². The molecule has 1 atom stereocenters. The van der Waals surface area contributed by atoms with Crippen molar-refractivity contribution in [2.45, 2.75) is 31.8 Å². The predicted octanol–water partition coefficient (Wildman–Crippen LogP) is 3.64. The summed E-state index contributed by atoms with van der Waals surface area (Å²) < 4.78 is 22.1. The molecule has 160 valence electrons. The molecular formula is C23H23N3O5. The average molecular weight is 421 g/mol. The van der Waals surface area contributed by atoms with Crippen molar-refractivity contribution >= 4 is 5.91 Å². The van der Waals surface area contributed by atoms with Crippen LogP contribution >= 0.6 is 0 Å². The van der Waals surface area contributed by atoms with Gasteiger partial charge < -0.3 is 23.6 Å². The average Bonchev–Trinajstić information content (AvgIpc) is 3.48. The SMILES string of the molecule is C[C@H](Oc1ccccc1)C(=O)N1CCC(c2nc(-c3ccc4c(c3)OCO4)no2)CC1. The number of aromatic nitrogens is 2. The van der Waals surface area contributed by atoms with E-state index >= 15 is 0 Å². The summed E-state index contributed by atoms with van der Waals surface area (Å²) >= 11 is 0. The van der Waals surface area contributed by atoms with Crippen molar-refractivity contribution in [2.24, 2.45) is 0 Å². The maximum Gasteiger partial charge on any atom is 0.263 e. The molecule has 0 spiro atoms. The summed E-state index contributed by atoms with van der Waals surface area (Å²) in [7, 11) is 0. The molecule has 1 amide bonds. The number of amides is 1. The number of benzene rings is 2. The number of piperidine rings is 1. The van der Waals surface area contributed by atoms with Gasteiger partial charge in [0.25, 0.3) is 5.91 Å². The van der Waals surface area contributed by atoms with Gasteiger partial charge >= 0.3 is 0 Å². The molecule has 8 heteroatoms. The Morgan fingerprint density at radius 3 is 2.68 bits per heavy atom. The number of rotatable bonds is 5. The number of carbonyl (C=O) groups excluding carboxylic acids is 1. The fraction of sp³-hybridized carbons (Fsp3) is 0.348. The molecule has 0 unspecified atom stereocenters. The zero-order valence-electron chi connectivity index (χ0n) is 17.2.